The van der Waals surface area contributed by atoms with E-state index in [1.165, 1.54) is 11.1 Å². The highest BCUT2D eigenvalue weighted by Gasteiger charge is 2.47. The van der Waals surface area contributed by atoms with Gasteiger partial charge in [0, 0.05) is 12.0 Å². The van der Waals surface area contributed by atoms with Crippen molar-refractivity contribution in [3.63, 3.8) is 0 Å². The van der Waals surface area contributed by atoms with E-state index in [1.54, 1.807) is 0 Å². The Labute approximate surface area is 198 Å². The number of ether oxygens (including phenoxy) is 1. The summed E-state index contributed by atoms with van der Waals surface area (Å²) in [5.74, 6) is -1.75. The van der Waals surface area contributed by atoms with Crippen LogP contribution in [-0.4, -0.2) is 41.3 Å². The largest absolute Gasteiger partial charge is 0.480 e. The molecule has 2 amide bonds. The molecular weight excluding hydrogens is 432 g/mol. The van der Waals surface area contributed by atoms with Crippen LogP contribution in [0.25, 0.3) is 11.1 Å². The summed E-state index contributed by atoms with van der Waals surface area (Å²) in [6.45, 7) is 0.214. The number of benzene rings is 2. The fourth-order valence-electron chi connectivity index (χ4n) is 5.66. The van der Waals surface area contributed by atoms with Crippen LogP contribution in [0.4, 0.5) is 4.79 Å². The van der Waals surface area contributed by atoms with E-state index in [2.05, 4.69) is 34.9 Å². The van der Waals surface area contributed by atoms with Crippen LogP contribution in [0, 0.1) is 5.92 Å². The van der Waals surface area contributed by atoms with Gasteiger partial charge in [0.05, 0.1) is 5.92 Å². The second-order valence-electron chi connectivity index (χ2n) is 9.70. The van der Waals surface area contributed by atoms with Gasteiger partial charge < -0.3 is 20.5 Å². The molecule has 178 valence electrons. The van der Waals surface area contributed by atoms with Crippen molar-refractivity contribution in [2.24, 2.45) is 5.92 Å². The lowest BCUT2D eigenvalue weighted by atomic mass is 9.75. The molecule has 2 fully saturated rings. The summed E-state index contributed by atoms with van der Waals surface area (Å²) in [4.78, 5) is 37.4. The second-order valence-corrected chi connectivity index (χ2v) is 9.70. The number of nitrogens with one attached hydrogen (secondary N) is 2. The Morgan fingerprint density at radius 2 is 1.53 bits per heavy atom. The van der Waals surface area contributed by atoms with Crippen LogP contribution in [0.3, 0.4) is 0 Å². The topological polar surface area (TPSA) is 105 Å². The van der Waals surface area contributed by atoms with Crippen LogP contribution in [0.2, 0.25) is 0 Å². The van der Waals surface area contributed by atoms with Crippen LogP contribution in [0.1, 0.15) is 62.0 Å². The molecule has 7 nitrogen and oxygen atoms in total. The molecule has 0 aromatic heterocycles. The van der Waals surface area contributed by atoms with E-state index >= 15 is 0 Å². The molecule has 34 heavy (non-hydrogen) atoms. The summed E-state index contributed by atoms with van der Waals surface area (Å²) >= 11 is 0. The van der Waals surface area contributed by atoms with Crippen molar-refractivity contribution < 1.29 is 24.2 Å². The zero-order valence-corrected chi connectivity index (χ0v) is 19.1. The molecule has 0 saturated heterocycles. The van der Waals surface area contributed by atoms with Gasteiger partial charge in [0.25, 0.3) is 0 Å². The van der Waals surface area contributed by atoms with E-state index in [0.717, 1.165) is 30.4 Å². The van der Waals surface area contributed by atoms with Gasteiger partial charge in [-0.1, -0.05) is 61.4 Å². The lowest BCUT2D eigenvalue weighted by Gasteiger charge is -2.40. The van der Waals surface area contributed by atoms with Crippen molar-refractivity contribution in [1.82, 2.24) is 10.6 Å². The minimum atomic E-state index is -1.15. The molecule has 0 bridgehead atoms. The molecule has 2 aromatic rings. The second kappa shape index (κ2) is 9.12. The van der Waals surface area contributed by atoms with Crippen molar-refractivity contribution in [3.05, 3.63) is 59.7 Å². The van der Waals surface area contributed by atoms with Crippen molar-refractivity contribution in [2.75, 3.05) is 6.61 Å². The number of carbonyl (C=O) groups is 3. The van der Waals surface area contributed by atoms with Crippen LogP contribution in [-0.2, 0) is 14.3 Å². The Bertz CT molecular complexity index is 1060. The minimum absolute atomic E-state index is 0.0300. The van der Waals surface area contributed by atoms with E-state index < -0.39 is 23.5 Å². The number of alkyl carbamates (subject to hydrolysis) is 1. The fourth-order valence-corrected chi connectivity index (χ4v) is 5.66. The first-order valence-corrected chi connectivity index (χ1v) is 12.2. The molecular formula is C27H30N2O5. The average molecular weight is 463 g/mol. The van der Waals surface area contributed by atoms with E-state index in [-0.39, 0.29) is 24.5 Å². The number of hydrogen-bond donors (Lipinski definition) is 3. The molecule has 7 heteroatoms. The third-order valence-corrected chi connectivity index (χ3v) is 7.73. The first-order chi connectivity index (χ1) is 16.5. The van der Waals surface area contributed by atoms with Gasteiger partial charge >= 0.3 is 12.1 Å². The van der Waals surface area contributed by atoms with E-state index in [0.29, 0.717) is 25.7 Å². The normalized spacial score (nSPS) is 22.6. The van der Waals surface area contributed by atoms with Crippen LogP contribution < -0.4 is 10.6 Å². The third-order valence-electron chi connectivity index (χ3n) is 7.73. The Morgan fingerprint density at radius 3 is 2.12 bits per heavy atom. The number of rotatable bonds is 6. The first kappa shape index (κ1) is 22.4. The van der Waals surface area contributed by atoms with Crippen LogP contribution in [0.15, 0.2) is 48.5 Å². The third kappa shape index (κ3) is 4.04. The average Bonchev–Trinajstić information content (AvgIpc) is 3.14. The SMILES string of the molecule is O=C(N[C@@H]1CCCC[C@@H]1C(=O)NC1(C(=O)O)CCC1)OCC1c2ccccc2-c2ccccc21. The highest BCUT2D eigenvalue weighted by Crippen LogP contribution is 2.44. The highest BCUT2D eigenvalue weighted by molar-refractivity contribution is 5.89. The summed E-state index contributed by atoms with van der Waals surface area (Å²) in [6, 6.07) is 16.0. The van der Waals surface area contributed by atoms with Crippen molar-refractivity contribution in [3.8, 4) is 11.1 Å². The highest BCUT2D eigenvalue weighted by atomic mass is 16.5. The van der Waals surface area contributed by atoms with Crippen molar-refractivity contribution in [2.45, 2.75) is 62.4 Å². The van der Waals surface area contributed by atoms with Crippen LogP contribution >= 0.6 is 0 Å². The molecule has 2 aromatic carbocycles. The number of fused-ring (bicyclic) bond motifs is 3. The molecule has 0 heterocycles. The molecule has 2 atom stereocenters. The van der Waals surface area contributed by atoms with Gasteiger partial charge in [-0.25, -0.2) is 9.59 Å². The van der Waals surface area contributed by atoms with Crippen molar-refractivity contribution in [1.29, 1.82) is 0 Å². The molecule has 3 aliphatic carbocycles. The first-order valence-electron chi connectivity index (χ1n) is 12.2. The predicted octanol–water partition coefficient (Wildman–Crippen LogP) is 4.21. The predicted molar refractivity (Wildman–Crippen MR) is 126 cm³/mol. The molecule has 0 unspecified atom stereocenters. The maximum absolute atomic E-state index is 13.0. The molecule has 5 rings (SSSR count). The van der Waals surface area contributed by atoms with Gasteiger partial charge in [-0.2, -0.15) is 0 Å². The van der Waals surface area contributed by atoms with Gasteiger partial charge in [0.1, 0.15) is 12.1 Å². The zero-order chi connectivity index (χ0) is 23.7. The molecule has 0 aliphatic heterocycles. The number of carboxylic acid groups (broad SMARTS) is 1. The molecule has 3 N–H and O–H groups in total. The quantitative estimate of drug-likeness (QED) is 0.597. The number of aliphatic carboxylic acids is 1. The lowest BCUT2D eigenvalue weighted by Crippen LogP contribution is -2.62. The number of amides is 2. The van der Waals surface area contributed by atoms with E-state index in [1.807, 2.05) is 24.3 Å². The van der Waals surface area contributed by atoms with Gasteiger partial charge in [-0.3, -0.25) is 4.79 Å². The molecule has 3 aliphatic rings. The summed E-state index contributed by atoms with van der Waals surface area (Å²) in [7, 11) is 0. The Kier molecular flexibility index (Phi) is 6.02. The van der Waals surface area contributed by atoms with E-state index in [4.69, 9.17) is 4.74 Å². The summed E-state index contributed by atoms with van der Waals surface area (Å²) < 4.78 is 5.67. The minimum Gasteiger partial charge on any atom is -0.480 e. The van der Waals surface area contributed by atoms with Gasteiger partial charge in [-0.05, 0) is 54.4 Å². The summed E-state index contributed by atoms with van der Waals surface area (Å²) in [5, 5.41) is 15.2. The lowest BCUT2D eigenvalue weighted by molar-refractivity contribution is -0.152. The van der Waals surface area contributed by atoms with Gasteiger partial charge in [0.15, 0.2) is 0 Å². The number of hydrogen-bond acceptors (Lipinski definition) is 4. The maximum Gasteiger partial charge on any atom is 0.407 e. The number of carbonyl (C=O) groups excluding carboxylic acids is 2. The summed E-state index contributed by atoms with van der Waals surface area (Å²) in [6.07, 6.45) is 4.22. The van der Waals surface area contributed by atoms with E-state index in [9.17, 15) is 19.5 Å². The molecule has 0 radical (unpaired) electrons. The van der Waals surface area contributed by atoms with Crippen molar-refractivity contribution >= 4 is 18.0 Å². The maximum atomic E-state index is 13.0. The standard InChI is InChI=1S/C27H30N2O5/c30-24(29-27(25(31)32)14-7-15-27)21-12-5-6-13-23(21)28-26(33)34-16-22-19-10-3-1-8-17(19)18-9-2-4-11-20(18)22/h1-4,8-11,21-23H,5-7,12-16H2,(H,28,33)(H,29,30)(H,31,32)/t21-,23+/m0/s1. The zero-order valence-electron chi connectivity index (χ0n) is 19.1. The Hall–Kier alpha value is -3.35. The van der Waals surface area contributed by atoms with Crippen LogP contribution in [0.5, 0.6) is 0 Å². The number of carboxylic acids is 1. The van der Waals surface area contributed by atoms with Gasteiger partial charge in [-0.15, -0.1) is 0 Å². The monoisotopic (exact) mass is 462 g/mol. The molecule has 2 saturated carbocycles. The Morgan fingerprint density at radius 1 is 0.912 bits per heavy atom. The summed E-state index contributed by atoms with van der Waals surface area (Å²) in [5.41, 5.74) is 3.47. The fraction of sp³-hybridized carbons (Fsp3) is 0.444. The Balaban J connectivity index is 1.23. The molecule has 0 spiro atoms. The van der Waals surface area contributed by atoms with Gasteiger partial charge in [0.2, 0.25) is 5.91 Å². The smallest absolute Gasteiger partial charge is 0.407 e.